The van der Waals surface area contributed by atoms with Gasteiger partial charge >= 0.3 is 0 Å². The minimum atomic E-state index is -0.639. The smallest absolute Gasteiger partial charge is 0.208 e. The molecular weight excluding hydrogens is 520 g/mol. The topological polar surface area (TPSA) is 83.5 Å². The summed E-state index contributed by atoms with van der Waals surface area (Å²) in [6.45, 7) is 5.41. The molecule has 1 fully saturated rings. The number of hydrogen-bond donors (Lipinski definition) is 3. The van der Waals surface area contributed by atoms with E-state index in [2.05, 4.69) is 66.5 Å². The zero-order chi connectivity index (χ0) is 25.1. The van der Waals surface area contributed by atoms with Gasteiger partial charge in [-0.3, -0.25) is 4.79 Å². The number of rotatable bonds is 9. The fourth-order valence-corrected chi connectivity index (χ4v) is 5.20. The predicted molar refractivity (Wildman–Crippen MR) is 146 cm³/mol. The van der Waals surface area contributed by atoms with Gasteiger partial charge in [0.1, 0.15) is 5.75 Å². The Morgan fingerprint density at radius 2 is 2.17 bits per heavy atom. The molecule has 1 saturated heterocycles. The number of amides is 1. The Hall–Kier alpha value is -3.30. The molecule has 3 aromatic rings. The maximum Gasteiger partial charge on any atom is 0.208 e. The summed E-state index contributed by atoms with van der Waals surface area (Å²) in [7, 11) is 2.01. The second kappa shape index (κ2) is 10.4. The van der Waals surface area contributed by atoms with Crippen LogP contribution < -0.4 is 20.7 Å². The number of allylic oxidation sites excluding steroid dienone is 2. The number of nitrogens with zero attached hydrogens (tertiary/aromatic N) is 3. The van der Waals surface area contributed by atoms with E-state index < -0.39 is 5.72 Å². The molecule has 5 rings (SSSR count). The molecule has 188 valence electrons. The van der Waals surface area contributed by atoms with Crippen molar-refractivity contribution in [3.63, 3.8) is 0 Å². The first-order valence-corrected chi connectivity index (χ1v) is 13.0. The SMILES string of the molecule is Cc1cc(Nc2nc3cc(OC4(C5CCN(CCNC=O)C5)C=CC=CN4)ccc3n2C)ccc1Br. The van der Waals surface area contributed by atoms with Crippen molar-refractivity contribution in [1.29, 1.82) is 0 Å². The summed E-state index contributed by atoms with van der Waals surface area (Å²) in [5, 5.41) is 9.67. The Morgan fingerprint density at radius 1 is 1.28 bits per heavy atom. The van der Waals surface area contributed by atoms with Gasteiger partial charge in [0.25, 0.3) is 0 Å². The van der Waals surface area contributed by atoms with E-state index in [1.54, 1.807) is 0 Å². The minimum Gasteiger partial charge on any atom is -0.464 e. The lowest BCUT2D eigenvalue weighted by Crippen LogP contribution is -2.54. The third kappa shape index (κ3) is 4.99. The van der Waals surface area contributed by atoms with Crippen molar-refractivity contribution in [2.75, 3.05) is 31.5 Å². The van der Waals surface area contributed by atoms with Crippen LogP contribution >= 0.6 is 15.9 Å². The third-order valence-electron chi connectivity index (χ3n) is 6.95. The van der Waals surface area contributed by atoms with E-state index in [1.807, 2.05) is 49.7 Å². The van der Waals surface area contributed by atoms with Crippen molar-refractivity contribution >= 4 is 45.0 Å². The second-order valence-electron chi connectivity index (χ2n) is 9.35. The molecule has 36 heavy (non-hydrogen) atoms. The Labute approximate surface area is 219 Å². The van der Waals surface area contributed by atoms with Crippen molar-refractivity contribution < 1.29 is 9.53 Å². The van der Waals surface area contributed by atoms with Crippen LogP contribution in [-0.4, -0.2) is 52.8 Å². The Morgan fingerprint density at radius 3 is 2.94 bits per heavy atom. The number of carbonyl (C=O) groups excluding carboxylic acids is 1. The maximum atomic E-state index is 10.6. The number of aromatic nitrogens is 2. The number of aryl methyl sites for hydroxylation is 2. The molecule has 2 aliphatic rings. The monoisotopic (exact) mass is 550 g/mol. The zero-order valence-electron chi connectivity index (χ0n) is 20.5. The molecule has 0 saturated carbocycles. The van der Waals surface area contributed by atoms with Crippen molar-refractivity contribution in [2.45, 2.75) is 19.1 Å². The predicted octanol–water partition coefficient (Wildman–Crippen LogP) is 4.20. The standard InChI is InChI=1S/C27H31BrN6O2/c1-19-15-21(5-7-23(19)28)31-26-32-24-16-22(6-8-25(24)33(26)2)36-27(10-3-4-11-30-27)20-9-13-34(17-20)14-12-29-18-35/h3-8,10-11,15-16,18,20,30H,9,12-14,17H2,1-2H3,(H,29,35)(H,31,32). The molecule has 2 aliphatic heterocycles. The van der Waals surface area contributed by atoms with Crippen LogP contribution in [0.15, 0.2) is 65.3 Å². The summed E-state index contributed by atoms with van der Waals surface area (Å²) in [4.78, 5) is 17.8. The molecule has 8 nitrogen and oxygen atoms in total. The summed E-state index contributed by atoms with van der Waals surface area (Å²) >= 11 is 3.56. The highest BCUT2D eigenvalue weighted by atomic mass is 79.9. The van der Waals surface area contributed by atoms with Gasteiger partial charge in [0, 0.05) is 55.0 Å². The third-order valence-corrected chi connectivity index (χ3v) is 7.84. The van der Waals surface area contributed by atoms with Crippen LogP contribution in [0.5, 0.6) is 5.75 Å². The number of fused-ring (bicyclic) bond motifs is 1. The van der Waals surface area contributed by atoms with Gasteiger partial charge in [0.05, 0.1) is 11.0 Å². The van der Waals surface area contributed by atoms with Crippen molar-refractivity contribution in [1.82, 2.24) is 25.1 Å². The Kier molecular flexibility index (Phi) is 7.02. The fraction of sp³-hybridized carbons (Fsp3) is 0.333. The van der Waals surface area contributed by atoms with Gasteiger partial charge in [0.2, 0.25) is 18.1 Å². The van der Waals surface area contributed by atoms with Crippen LogP contribution in [0.3, 0.4) is 0 Å². The van der Waals surface area contributed by atoms with Gasteiger partial charge in [0.15, 0.2) is 0 Å². The van der Waals surface area contributed by atoms with E-state index in [1.165, 1.54) is 0 Å². The van der Waals surface area contributed by atoms with E-state index in [0.29, 0.717) is 6.54 Å². The van der Waals surface area contributed by atoms with Gasteiger partial charge in [-0.15, -0.1) is 0 Å². The number of carbonyl (C=O) groups is 1. The summed E-state index contributed by atoms with van der Waals surface area (Å²) in [5.41, 5.74) is 3.40. The van der Waals surface area contributed by atoms with E-state index >= 15 is 0 Å². The van der Waals surface area contributed by atoms with Crippen molar-refractivity contribution in [2.24, 2.45) is 13.0 Å². The van der Waals surface area contributed by atoms with Crippen molar-refractivity contribution in [3.05, 3.63) is 70.9 Å². The molecule has 2 aromatic carbocycles. The average Bonchev–Trinajstić information content (AvgIpc) is 3.47. The Balaban J connectivity index is 1.36. The first kappa shape index (κ1) is 24.4. The molecule has 0 aliphatic carbocycles. The lowest BCUT2D eigenvalue weighted by Gasteiger charge is -2.38. The number of ether oxygens (including phenoxy) is 1. The lowest BCUT2D eigenvalue weighted by molar-refractivity contribution is -0.109. The molecule has 2 unspecified atom stereocenters. The van der Waals surface area contributed by atoms with Gasteiger partial charge < -0.3 is 30.2 Å². The van der Waals surface area contributed by atoms with Gasteiger partial charge in [-0.25, -0.2) is 4.98 Å². The van der Waals surface area contributed by atoms with Crippen LogP contribution in [0.25, 0.3) is 11.0 Å². The van der Waals surface area contributed by atoms with Crippen molar-refractivity contribution in [3.8, 4) is 5.75 Å². The highest BCUT2D eigenvalue weighted by Gasteiger charge is 2.42. The normalized spacial score (nSPS) is 21.5. The van der Waals surface area contributed by atoms with Gasteiger partial charge in [-0.1, -0.05) is 22.0 Å². The number of imidazole rings is 1. The molecule has 1 amide bonds. The molecular formula is C27H31BrN6O2. The summed E-state index contributed by atoms with van der Waals surface area (Å²) in [6, 6.07) is 12.2. The summed E-state index contributed by atoms with van der Waals surface area (Å²) in [5.74, 6) is 1.79. The molecule has 0 spiro atoms. The fourth-order valence-electron chi connectivity index (χ4n) is 4.95. The summed E-state index contributed by atoms with van der Waals surface area (Å²) < 4.78 is 9.81. The molecule has 3 N–H and O–H groups in total. The maximum absolute atomic E-state index is 10.6. The second-order valence-corrected chi connectivity index (χ2v) is 10.2. The number of dihydropyridines is 1. The zero-order valence-corrected chi connectivity index (χ0v) is 22.1. The van der Waals surface area contributed by atoms with E-state index in [4.69, 9.17) is 9.72 Å². The summed E-state index contributed by atoms with van der Waals surface area (Å²) in [6.07, 6.45) is 9.82. The first-order chi connectivity index (χ1) is 17.5. The van der Waals surface area contributed by atoms with Crippen LogP contribution in [0.4, 0.5) is 11.6 Å². The Bertz CT molecular complexity index is 1320. The lowest BCUT2D eigenvalue weighted by atomic mass is 9.92. The largest absolute Gasteiger partial charge is 0.464 e. The first-order valence-electron chi connectivity index (χ1n) is 12.2. The average molecular weight is 551 g/mol. The van der Waals surface area contributed by atoms with Crippen LogP contribution in [0.1, 0.15) is 12.0 Å². The van der Waals surface area contributed by atoms with Crippen LogP contribution in [0, 0.1) is 12.8 Å². The number of halogens is 1. The molecule has 1 aromatic heterocycles. The number of benzene rings is 2. The molecule has 9 heteroatoms. The molecule has 0 bridgehead atoms. The molecule has 0 radical (unpaired) electrons. The number of anilines is 2. The molecule has 3 heterocycles. The van der Waals surface area contributed by atoms with Crippen LogP contribution in [0.2, 0.25) is 0 Å². The number of hydrogen-bond acceptors (Lipinski definition) is 6. The molecule has 2 atom stereocenters. The van der Waals surface area contributed by atoms with E-state index in [9.17, 15) is 4.79 Å². The van der Waals surface area contributed by atoms with Crippen LogP contribution in [-0.2, 0) is 11.8 Å². The highest BCUT2D eigenvalue weighted by Crippen LogP contribution is 2.34. The number of likely N-dealkylation sites (tertiary alicyclic amines) is 1. The van der Waals surface area contributed by atoms with Gasteiger partial charge in [-0.2, -0.15) is 0 Å². The number of nitrogens with one attached hydrogen (secondary N) is 3. The minimum absolute atomic E-state index is 0.257. The highest BCUT2D eigenvalue weighted by molar-refractivity contribution is 9.10. The van der Waals surface area contributed by atoms with E-state index in [-0.39, 0.29) is 5.92 Å². The van der Waals surface area contributed by atoms with E-state index in [0.717, 1.165) is 70.9 Å². The quantitative estimate of drug-likeness (QED) is 0.273. The van der Waals surface area contributed by atoms with Gasteiger partial charge in [-0.05, 0) is 67.9 Å².